The molecule has 0 radical (unpaired) electrons. The molecule has 2 N–H and O–H groups in total. The number of hydrogen-bond acceptors (Lipinski definition) is 5. The van der Waals surface area contributed by atoms with Crippen LogP contribution in [0.1, 0.15) is 38.5 Å². The molecule has 7 nitrogen and oxygen atoms in total. The molecule has 1 aliphatic heterocycles. The fraction of sp³-hybridized carbons (Fsp3) is 0.941. The van der Waals surface area contributed by atoms with E-state index in [2.05, 4.69) is 0 Å². The summed E-state index contributed by atoms with van der Waals surface area (Å²) in [4.78, 5) is 11.5. The molecule has 0 aromatic heterocycles. The van der Waals surface area contributed by atoms with Crippen LogP contribution in [0.2, 0.25) is 0 Å². The van der Waals surface area contributed by atoms with E-state index in [0.29, 0.717) is 19.3 Å². The van der Waals surface area contributed by atoms with Crippen molar-refractivity contribution in [2.45, 2.75) is 68.9 Å². The highest BCUT2D eigenvalue weighted by molar-refractivity contribution is 7.88. The average molecular weight is 426 g/mol. The Morgan fingerprint density at radius 2 is 1.96 bits per heavy atom. The summed E-state index contributed by atoms with van der Waals surface area (Å²) in [5.74, 6) is -4.12. The van der Waals surface area contributed by atoms with Crippen LogP contribution in [0.5, 0.6) is 0 Å². The highest BCUT2D eigenvalue weighted by Crippen LogP contribution is 2.46. The van der Waals surface area contributed by atoms with Crippen LogP contribution in [0.3, 0.4) is 0 Å². The molecule has 160 valence electrons. The van der Waals surface area contributed by atoms with Crippen LogP contribution < -0.4 is 4.72 Å². The Hall–Kier alpha value is -0.910. The van der Waals surface area contributed by atoms with Crippen molar-refractivity contribution in [3.8, 4) is 0 Å². The van der Waals surface area contributed by atoms with Gasteiger partial charge in [0.2, 0.25) is 11.8 Å². The molecule has 1 amide bonds. The molecule has 28 heavy (non-hydrogen) atoms. The Kier molecular flexibility index (Phi) is 5.17. The Morgan fingerprint density at radius 1 is 1.25 bits per heavy atom. The number of amides is 1. The predicted octanol–water partition coefficient (Wildman–Crippen LogP) is 0.981. The first-order chi connectivity index (χ1) is 13.1. The van der Waals surface area contributed by atoms with Gasteiger partial charge in [-0.15, -0.1) is 0 Å². The monoisotopic (exact) mass is 426 g/mol. The molecule has 0 aromatic rings. The summed E-state index contributed by atoms with van der Waals surface area (Å²) >= 11 is 0. The fourth-order valence-electron chi connectivity index (χ4n) is 5.23. The zero-order chi connectivity index (χ0) is 20.3. The minimum Gasteiger partial charge on any atom is -0.391 e. The van der Waals surface area contributed by atoms with Crippen molar-refractivity contribution in [3.05, 3.63) is 0 Å². The number of hydrogen-bond donors (Lipinski definition) is 2. The Morgan fingerprint density at radius 3 is 2.57 bits per heavy atom. The van der Waals surface area contributed by atoms with Crippen LogP contribution in [0.15, 0.2) is 0 Å². The highest BCUT2D eigenvalue weighted by atomic mass is 32.2. The SMILES string of the molecule is O=C1CN(C2C(O)CC3CCC(OCC4CC(F)(F)C4)CC3C2F)S(=O)(=O)N1. The molecule has 4 fully saturated rings. The first-order valence-corrected chi connectivity index (χ1v) is 11.1. The van der Waals surface area contributed by atoms with Crippen LogP contribution in [-0.4, -0.2) is 67.2 Å². The van der Waals surface area contributed by atoms with Crippen LogP contribution in [0.25, 0.3) is 0 Å². The molecule has 0 bridgehead atoms. The van der Waals surface area contributed by atoms with Gasteiger partial charge in [0.25, 0.3) is 0 Å². The van der Waals surface area contributed by atoms with Gasteiger partial charge < -0.3 is 9.84 Å². The second kappa shape index (κ2) is 7.10. The number of aliphatic hydroxyl groups excluding tert-OH is 1. The van der Waals surface area contributed by atoms with Gasteiger partial charge in [0.15, 0.2) is 0 Å². The molecule has 0 spiro atoms. The summed E-state index contributed by atoms with van der Waals surface area (Å²) in [7, 11) is -4.15. The minimum atomic E-state index is -4.15. The number of nitrogens with one attached hydrogen (secondary N) is 1. The highest BCUT2D eigenvalue weighted by Gasteiger charge is 2.54. The molecule has 0 aromatic carbocycles. The second-order valence-corrected chi connectivity index (χ2v) is 10.3. The van der Waals surface area contributed by atoms with Gasteiger partial charge in [0.1, 0.15) is 6.17 Å². The fourth-order valence-corrected chi connectivity index (χ4v) is 6.56. The van der Waals surface area contributed by atoms with Crippen molar-refractivity contribution in [2.75, 3.05) is 13.2 Å². The number of nitrogens with zero attached hydrogens (tertiary/aromatic N) is 1. The van der Waals surface area contributed by atoms with E-state index in [4.69, 9.17) is 4.74 Å². The lowest BCUT2D eigenvalue weighted by molar-refractivity contribution is -0.145. The number of carbonyl (C=O) groups is 1. The zero-order valence-corrected chi connectivity index (χ0v) is 16.1. The third-order valence-corrected chi connectivity index (χ3v) is 8.08. The van der Waals surface area contributed by atoms with Crippen LogP contribution in [0.4, 0.5) is 13.2 Å². The maximum atomic E-state index is 15.3. The Balaban J connectivity index is 1.39. The van der Waals surface area contributed by atoms with Gasteiger partial charge in [-0.1, -0.05) is 0 Å². The predicted molar refractivity (Wildman–Crippen MR) is 91.3 cm³/mol. The van der Waals surface area contributed by atoms with E-state index in [0.717, 1.165) is 4.31 Å². The van der Waals surface area contributed by atoms with Crippen molar-refractivity contribution in [1.29, 1.82) is 0 Å². The smallest absolute Gasteiger partial charge is 0.304 e. The van der Waals surface area contributed by atoms with Gasteiger partial charge in [-0.05, 0) is 43.4 Å². The van der Waals surface area contributed by atoms with E-state index in [1.807, 2.05) is 4.72 Å². The van der Waals surface area contributed by atoms with E-state index >= 15 is 4.39 Å². The quantitative estimate of drug-likeness (QED) is 0.699. The molecule has 6 unspecified atom stereocenters. The van der Waals surface area contributed by atoms with Crippen LogP contribution >= 0.6 is 0 Å². The Bertz CT molecular complexity index is 728. The van der Waals surface area contributed by atoms with E-state index in [-0.39, 0.29) is 43.8 Å². The molecule has 4 rings (SSSR count). The lowest BCUT2D eigenvalue weighted by atomic mass is 9.66. The minimum absolute atomic E-state index is 0.0943. The van der Waals surface area contributed by atoms with Crippen molar-refractivity contribution >= 4 is 16.1 Å². The number of aliphatic hydroxyl groups is 1. The largest absolute Gasteiger partial charge is 0.391 e. The normalized spacial score (nSPS) is 43.2. The summed E-state index contributed by atoms with van der Waals surface area (Å²) in [6.45, 7) is -0.280. The molecule has 4 aliphatic rings. The Labute approximate surface area is 161 Å². The third-order valence-electron chi connectivity index (χ3n) is 6.60. The standard InChI is InChI=1S/C17H25F3N2O5S/c18-15-12-4-11(27-8-9-5-17(19,20)6-9)2-1-10(12)3-13(23)16(15)22-7-14(24)21-28(22,25)26/h9-13,15-16,23H,1-8H2,(H,21,24). The molecule has 1 heterocycles. The number of fused-ring (bicyclic) bond motifs is 1. The molecule has 6 atom stereocenters. The number of ether oxygens (including phenoxy) is 1. The van der Waals surface area contributed by atoms with E-state index in [9.17, 15) is 27.1 Å². The summed E-state index contributed by atoms with van der Waals surface area (Å²) < 4.78 is 73.7. The summed E-state index contributed by atoms with van der Waals surface area (Å²) in [6.07, 6.45) is -1.53. The molecule has 3 aliphatic carbocycles. The van der Waals surface area contributed by atoms with E-state index in [1.165, 1.54) is 0 Å². The first kappa shape index (κ1) is 20.4. The second-order valence-electron chi connectivity index (χ2n) is 8.64. The zero-order valence-electron chi connectivity index (χ0n) is 15.3. The van der Waals surface area contributed by atoms with Crippen LogP contribution in [-0.2, 0) is 19.7 Å². The lowest BCUT2D eigenvalue weighted by Gasteiger charge is -2.48. The number of carbonyl (C=O) groups excluding carboxylic acids is 1. The summed E-state index contributed by atoms with van der Waals surface area (Å²) in [5.41, 5.74) is 0. The van der Waals surface area contributed by atoms with Gasteiger partial charge >= 0.3 is 10.2 Å². The molecular formula is C17H25F3N2O5S. The maximum absolute atomic E-state index is 15.3. The number of alkyl halides is 3. The number of halogens is 3. The molecule has 1 saturated heterocycles. The van der Waals surface area contributed by atoms with Gasteiger partial charge in [-0.25, -0.2) is 17.9 Å². The van der Waals surface area contributed by atoms with Crippen molar-refractivity contribution < 1.29 is 36.2 Å². The third kappa shape index (κ3) is 3.78. The van der Waals surface area contributed by atoms with Crippen LogP contribution in [0, 0.1) is 17.8 Å². The molecule has 3 saturated carbocycles. The summed E-state index contributed by atoms with van der Waals surface area (Å²) in [5, 5.41) is 10.4. The van der Waals surface area contributed by atoms with Crippen molar-refractivity contribution in [2.24, 2.45) is 17.8 Å². The topological polar surface area (TPSA) is 95.9 Å². The van der Waals surface area contributed by atoms with Crippen molar-refractivity contribution in [3.63, 3.8) is 0 Å². The number of rotatable bonds is 4. The molecule has 11 heteroatoms. The summed E-state index contributed by atoms with van der Waals surface area (Å²) in [6, 6.07) is -1.31. The average Bonchev–Trinajstić information content (AvgIpc) is 2.83. The van der Waals surface area contributed by atoms with E-state index < -0.39 is 52.8 Å². The van der Waals surface area contributed by atoms with E-state index in [1.54, 1.807) is 0 Å². The van der Waals surface area contributed by atoms with Crippen molar-refractivity contribution in [1.82, 2.24) is 9.03 Å². The lowest BCUT2D eigenvalue weighted by Crippen LogP contribution is -2.59. The van der Waals surface area contributed by atoms with Gasteiger partial charge in [0, 0.05) is 12.8 Å². The van der Waals surface area contributed by atoms with Gasteiger partial charge in [-0.3, -0.25) is 4.79 Å². The van der Waals surface area contributed by atoms with Gasteiger partial charge in [0.05, 0.1) is 31.4 Å². The first-order valence-electron chi connectivity index (χ1n) is 9.70. The maximum Gasteiger partial charge on any atom is 0.304 e. The molecular weight excluding hydrogens is 401 g/mol. The van der Waals surface area contributed by atoms with Gasteiger partial charge in [-0.2, -0.15) is 12.7 Å².